The van der Waals surface area contributed by atoms with Crippen LogP contribution in [0.4, 0.5) is 5.69 Å². The normalized spacial score (nSPS) is 10.9. The quantitative estimate of drug-likeness (QED) is 0.772. The number of rotatable bonds is 4. The Bertz CT molecular complexity index is 716. The standard InChI is InChI=1S/C17H18N2O/c1-12-10-13(2)17-15(11-12)19-16(20-17)8-9-18-14-6-4-3-5-7-14/h3-7,10-11,18H,8-9H2,1-2H3. The number of fused-ring (bicyclic) bond motifs is 1. The summed E-state index contributed by atoms with van der Waals surface area (Å²) in [5.41, 5.74) is 5.35. The maximum absolute atomic E-state index is 5.84. The van der Waals surface area contributed by atoms with Gasteiger partial charge in [0, 0.05) is 18.7 Å². The Hall–Kier alpha value is -2.29. The zero-order valence-corrected chi connectivity index (χ0v) is 11.8. The van der Waals surface area contributed by atoms with Crippen LogP contribution in [0.2, 0.25) is 0 Å². The molecule has 0 aliphatic rings. The molecule has 0 spiro atoms. The van der Waals surface area contributed by atoms with E-state index in [0.29, 0.717) is 0 Å². The van der Waals surface area contributed by atoms with E-state index in [2.05, 4.69) is 48.4 Å². The van der Waals surface area contributed by atoms with Gasteiger partial charge in [-0.05, 0) is 43.2 Å². The minimum absolute atomic E-state index is 0.780. The number of nitrogens with zero attached hydrogens (tertiary/aromatic N) is 1. The van der Waals surface area contributed by atoms with Crippen LogP contribution in [-0.4, -0.2) is 11.5 Å². The first-order valence-corrected chi connectivity index (χ1v) is 6.88. The summed E-state index contributed by atoms with van der Waals surface area (Å²) < 4.78 is 5.84. The number of benzene rings is 2. The van der Waals surface area contributed by atoms with Crippen LogP contribution in [0.3, 0.4) is 0 Å². The summed E-state index contributed by atoms with van der Waals surface area (Å²) in [5, 5.41) is 3.36. The van der Waals surface area contributed by atoms with Crippen LogP contribution < -0.4 is 5.32 Å². The summed E-state index contributed by atoms with van der Waals surface area (Å²) in [5.74, 6) is 0.789. The predicted octanol–water partition coefficient (Wildman–Crippen LogP) is 4.10. The van der Waals surface area contributed by atoms with Gasteiger partial charge in [0.1, 0.15) is 5.52 Å². The van der Waals surface area contributed by atoms with Crippen LogP contribution in [0, 0.1) is 13.8 Å². The molecule has 0 bridgehead atoms. The summed E-state index contributed by atoms with van der Waals surface area (Å²) in [6.07, 6.45) is 0.780. The molecule has 0 unspecified atom stereocenters. The van der Waals surface area contributed by atoms with E-state index in [4.69, 9.17) is 4.42 Å². The topological polar surface area (TPSA) is 38.1 Å². The number of anilines is 1. The fraction of sp³-hybridized carbons (Fsp3) is 0.235. The number of para-hydroxylation sites is 1. The van der Waals surface area contributed by atoms with E-state index in [1.807, 2.05) is 18.2 Å². The molecule has 0 saturated heterocycles. The van der Waals surface area contributed by atoms with E-state index in [0.717, 1.165) is 41.2 Å². The fourth-order valence-corrected chi connectivity index (χ4v) is 2.40. The van der Waals surface area contributed by atoms with Crippen LogP contribution >= 0.6 is 0 Å². The number of aromatic nitrogens is 1. The summed E-state index contributed by atoms with van der Waals surface area (Å²) in [6.45, 7) is 4.96. The Morgan fingerprint density at radius 1 is 1.10 bits per heavy atom. The van der Waals surface area contributed by atoms with E-state index in [1.54, 1.807) is 0 Å². The second kappa shape index (κ2) is 5.37. The van der Waals surface area contributed by atoms with Crippen LogP contribution in [0.1, 0.15) is 17.0 Å². The Morgan fingerprint density at radius 2 is 1.90 bits per heavy atom. The lowest BCUT2D eigenvalue weighted by Crippen LogP contribution is -2.04. The fourth-order valence-electron chi connectivity index (χ4n) is 2.40. The van der Waals surface area contributed by atoms with Crippen LogP contribution in [0.25, 0.3) is 11.1 Å². The number of hydrogen-bond donors (Lipinski definition) is 1. The monoisotopic (exact) mass is 266 g/mol. The third-order valence-electron chi connectivity index (χ3n) is 3.31. The van der Waals surface area contributed by atoms with Crippen molar-refractivity contribution < 1.29 is 4.42 Å². The van der Waals surface area contributed by atoms with Crippen LogP contribution in [-0.2, 0) is 6.42 Å². The molecule has 0 radical (unpaired) electrons. The minimum atomic E-state index is 0.780. The molecule has 3 nitrogen and oxygen atoms in total. The Labute approximate surface area is 118 Å². The maximum Gasteiger partial charge on any atom is 0.197 e. The first-order chi connectivity index (χ1) is 9.72. The molecule has 0 saturated carbocycles. The van der Waals surface area contributed by atoms with Gasteiger partial charge in [0.05, 0.1) is 0 Å². The van der Waals surface area contributed by atoms with E-state index in [-0.39, 0.29) is 0 Å². The van der Waals surface area contributed by atoms with Crippen molar-refractivity contribution in [2.24, 2.45) is 0 Å². The first kappa shape index (κ1) is 12.7. The first-order valence-electron chi connectivity index (χ1n) is 6.88. The van der Waals surface area contributed by atoms with Gasteiger partial charge in [0.25, 0.3) is 0 Å². The highest BCUT2D eigenvalue weighted by Crippen LogP contribution is 2.21. The van der Waals surface area contributed by atoms with Gasteiger partial charge in [-0.15, -0.1) is 0 Å². The molecule has 0 atom stereocenters. The third-order valence-corrected chi connectivity index (χ3v) is 3.31. The molecule has 1 N–H and O–H groups in total. The Morgan fingerprint density at radius 3 is 2.70 bits per heavy atom. The summed E-state index contributed by atoms with van der Waals surface area (Å²) >= 11 is 0. The molecule has 1 aromatic heterocycles. The third kappa shape index (κ3) is 2.67. The second-order valence-electron chi connectivity index (χ2n) is 5.08. The molecular weight excluding hydrogens is 248 g/mol. The van der Waals surface area contributed by atoms with Crippen molar-refractivity contribution in [1.82, 2.24) is 4.98 Å². The highest BCUT2D eigenvalue weighted by atomic mass is 16.3. The average Bonchev–Trinajstić information content (AvgIpc) is 2.83. The SMILES string of the molecule is Cc1cc(C)c2oc(CCNc3ccccc3)nc2c1. The van der Waals surface area contributed by atoms with E-state index in [1.165, 1.54) is 5.56 Å². The van der Waals surface area contributed by atoms with Crippen LogP contribution in [0.5, 0.6) is 0 Å². The lowest BCUT2D eigenvalue weighted by atomic mass is 10.1. The largest absolute Gasteiger partial charge is 0.440 e. The zero-order chi connectivity index (χ0) is 13.9. The molecule has 2 aromatic carbocycles. The average molecular weight is 266 g/mol. The van der Waals surface area contributed by atoms with Crippen molar-refractivity contribution in [3.63, 3.8) is 0 Å². The smallest absolute Gasteiger partial charge is 0.197 e. The second-order valence-corrected chi connectivity index (χ2v) is 5.08. The molecular formula is C17H18N2O. The molecule has 0 fully saturated rings. The Kier molecular flexibility index (Phi) is 3.42. The minimum Gasteiger partial charge on any atom is -0.440 e. The van der Waals surface area contributed by atoms with Gasteiger partial charge in [0.15, 0.2) is 11.5 Å². The van der Waals surface area contributed by atoms with Gasteiger partial charge in [-0.2, -0.15) is 0 Å². The molecule has 102 valence electrons. The molecule has 0 amide bonds. The van der Waals surface area contributed by atoms with Crippen molar-refractivity contribution in [3.05, 3.63) is 59.5 Å². The van der Waals surface area contributed by atoms with Gasteiger partial charge >= 0.3 is 0 Å². The molecule has 3 heteroatoms. The van der Waals surface area contributed by atoms with Gasteiger partial charge in [-0.1, -0.05) is 24.3 Å². The zero-order valence-electron chi connectivity index (χ0n) is 11.8. The predicted molar refractivity (Wildman–Crippen MR) is 82.1 cm³/mol. The maximum atomic E-state index is 5.84. The van der Waals surface area contributed by atoms with Gasteiger partial charge in [0.2, 0.25) is 0 Å². The molecule has 20 heavy (non-hydrogen) atoms. The number of nitrogens with one attached hydrogen (secondary N) is 1. The highest BCUT2D eigenvalue weighted by molar-refractivity contribution is 5.77. The molecule has 3 rings (SSSR count). The van der Waals surface area contributed by atoms with Crippen molar-refractivity contribution in [2.45, 2.75) is 20.3 Å². The van der Waals surface area contributed by atoms with Gasteiger partial charge < -0.3 is 9.73 Å². The number of oxazole rings is 1. The molecule has 1 heterocycles. The molecule has 0 aliphatic carbocycles. The lowest BCUT2D eigenvalue weighted by molar-refractivity contribution is 0.532. The van der Waals surface area contributed by atoms with Gasteiger partial charge in [-0.25, -0.2) is 4.98 Å². The van der Waals surface area contributed by atoms with E-state index in [9.17, 15) is 0 Å². The number of hydrogen-bond acceptors (Lipinski definition) is 3. The van der Waals surface area contributed by atoms with Crippen molar-refractivity contribution >= 4 is 16.8 Å². The van der Waals surface area contributed by atoms with Crippen molar-refractivity contribution in [2.75, 3.05) is 11.9 Å². The summed E-state index contributed by atoms with van der Waals surface area (Å²) in [4.78, 5) is 4.56. The van der Waals surface area contributed by atoms with Crippen molar-refractivity contribution in [3.8, 4) is 0 Å². The number of aryl methyl sites for hydroxylation is 2. The lowest BCUT2D eigenvalue weighted by Gasteiger charge is -2.03. The van der Waals surface area contributed by atoms with Crippen molar-refractivity contribution in [1.29, 1.82) is 0 Å². The van der Waals surface area contributed by atoms with Crippen LogP contribution in [0.15, 0.2) is 46.9 Å². The molecule has 3 aromatic rings. The molecule has 0 aliphatic heterocycles. The van der Waals surface area contributed by atoms with E-state index < -0.39 is 0 Å². The van der Waals surface area contributed by atoms with E-state index >= 15 is 0 Å². The van der Waals surface area contributed by atoms with Gasteiger partial charge in [-0.3, -0.25) is 0 Å². The Balaban J connectivity index is 1.70. The summed E-state index contributed by atoms with van der Waals surface area (Å²) in [7, 11) is 0. The summed E-state index contributed by atoms with van der Waals surface area (Å²) in [6, 6.07) is 14.4. The highest BCUT2D eigenvalue weighted by Gasteiger charge is 2.08.